The highest BCUT2D eigenvalue weighted by Crippen LogP contribution is 2.34. The van der Waals surface area contributed by atoms with Crippen LogP contribution in [0.4, 0.5) is 0 Å². The van der Waals surface area contributed by atoms with Gasteiger partial charge in [0.2, 0.25) is 0 Å². The van der Waals surface area contributed by atoms with Crippen LogP contribution in [0.5, 0.6) is 11.5 Å². The van der Waals surface area contributed by atoms with Gasteiger partial charge in [0.15, 0.2) is 22.5 Å². The van der Waals surface area contributed by atoms with Crippen molar-refractivity contribution in [1.82, 2.24) is 0 Å². The standard InChI is InChI=1S/C19H15ClO6/c1-24-15-6-5-11(9-17(15)25-8-7-18(22)23)16-10-14(21)12-3-2-4-13(20)19(12)26-16/h2-6,9-10H,7-8H2,1H3,(H,22,23). The van der Waals surface area contributed by atoms with Gasteiger partial charge in [-0.05, 0) is 30.3 Å². The molecule has 0 saturated carbocycles. The Kier molecular flexibility index (Phi) is 5.14. The molecule has 1 N–H and O–H groups in total. The molecule has 0 aliphatic heterocycles. The molecule has 0 amide bonds. The number of aliphatic carboxylic acids is 1. The van der Waals surface area contributed by atoms with Crippen molar-refractivity contribution in [2.24, 2.45) is 0 Å². The van der Waals surface area contributed by atoms with Gasteiger partial charge in [0.05, 0.1) is 30.5 Å². The molecular formula is C19H15ClO6. The molecule has 6 nitrogen and oxygen atoms in total. The van der Waals surface area contributed by atoms with E-state index >= 15 is 0 Å². The maximum Gasteiger partial charge on any atom is 0.306 e. The van der Waals surface area contributed by atoms with Gasteiger partial charge in [0.1, 0.15) is 5.76 Å². The summed E-state index contributed by atoms with van der Waals surface area (Å²) in [4.78, 5) is 23.0. The Labute approximate surface area is 153 Å². The molecule has 0 saturated heterocycles. The highest BCUT2D eigenvalue weighted by atomic mass is 35.5. The number of hydrogen-bond acceptors (Lipinski definition) is 5. The van der Waals surface area contributed by atoms with Crippen molar-refractivity contribution in [2.45, 2.75) is 6.42 Å². The second kappa shape index (κ2) is 7.49. The molecule has 134 valence electrons. The molecule has 3 rings (SSSR count). The van der Waals surface area contributed by atoms with Crippen LogP contribution in [-0.4, -0.2) is 24.8 Å². The molecule has 7 heteroatoms. The molecule has 0 bridgehead atoms. The number of ether oxygens (including phenoxy) is 2. The number of carboxylic acid groups (broad SMARTS) is 1. The summed E-state index contributed by atoms with van der Waals surface area (Å²) in [5, 5.41) is 9.47. The van der Waals surface area contributed by atoms with Crippen molar-refractivity contribution in [1.29, 1.82) is 0 Å². The highest BCUT2D eigenvalue weighted by molar-refractivity contribution is 6.34. The van der Waals surface area contributed by atoms with E-state index in [0.717, 1.165) is 0 Å². The van der Waals surface area contributed by atoms with E-state index in [9.17, 15) is 9.59 Å². The van der Waals surface area contributed by atoms with Crippen molar-refractivity contribution < 1.29 is 23.8 Å². The highest BCUT2D eigenvalue weighted by Gasteiger charge is 2.13. The number of para-hydroxylation sites is 1. The van der Waals surface area contributed by atoms with E-state index in [2.05, 4.69) is 0 Å². The minimum absolute atomic E-state index is 0.0113. The molecule has 0 unspecified atom stereocenters. The van der Waals surface area contributed by atoms with Gasteiger partial charge in [-0.1, -0.05) is 17.7 Å². The van der Waals surface area contributed by atoms with E-state index in [1.54, 1.807) is 36.4 Å². The molecule has 0 aliphatic rings. The molecule has 0 radical (unpaired) electrons. The first-order chi connectivity index (χ1) is 12.5. The van der Waals surface area contributed by atoms with E-state index in [4.69, 9.17) is 30.6 Å². The van der Waals surface area contributed by atoms with Crippen molar-refractivity contribution in [3.8, 4) is 22.8 Å². The number of rotatable bonds is 6. The fourth-order valence-electron chi connectivity index (χ4n) is 2.48. The van der Waals surface area contributed by atoms with E-state index in [0.29, 0.717) is 38.8 Å². The number of halogens is 1. The minimum atomic E-state index is -0.963. The van der Waals surface area contributed by atoms with E-state index in [1.807, 2.05) is 0 Å². The summed E-state index contributed by atoms with van der Waals surface area (Å²) in [7, 11) is 1.48. The van der Waals surface area contributed by atoms with Crippen molar-refractivity contribution in [3.05, 3.63) is 57.7 Å². The fourth-order valence-corrected chi connectivity index (χ4v) is 2.69. The average molecular weight is 375 g/mol. The Morgan fingerprint density at radius 2 is 2.00 bits per heavy atom. The Bertz CT molecular complexity index is 1020. The van der Waals surface area contributed by atoms with Crippen LogP contribution in [0.3, 0.4) is 0 Å². The third-order valence-corrected chi connectivity index (χ3v) is 4.03. The topological polar surface area (TPSA) is 86.0 Å². The molecule has 26 heavy (non-hydrogen) atoms. The molecule has 2 aromatic carbocycles. The smallest absolute Gasteiger partial charge is 0.306 e. The Morgan fingerprint density at radius 1 is 1.19 bits per heavy atom. The van der Waals surface area contributed by atoms with Gasteiger partial charge < -0.3 is 19.0 Å². The van der Waals surface area contributed by atoms with Crippen molar-refractivity contribution in [2.75, 3.05) is 13.7 Å². The van der Waals surface area contributed by atoms with E-state index in [-0.39, 0.29) is 18.5 Å². The lowest BCUT2D eigenvalue weighted by Gasteiger charge is -2.12. The third kappa shape index (κ3) is 3.65. The fraction of sp³-hybridized carbons (Fsp3) is 0.158. The quantitative estimate of drug-likeness (QED) is 0.702. The monoisotopic (exact) mass is 374 g/mol. The molecule has 0 fully saturated rings. The van der Waals surface area contributed by atoms with Gasteiger partial charge in [-0.15, -0.1) is 0 Å². The molecular weight excluding hydrogens is 360 g/mol. The summed E-state index contributed by atoms with van der Waals surface area (Å²) in [6.45, 7) is -0.0113. The largest absolute Gasteiger partial charge is 0.493 e. The van der Waals surface area contributed by atoms with Gasteiger partial charge >= 0.3 is 5.97 Å². The average Bonchev–Trinajstić information content (AvgIpc) is 2.62. The zero-order valence-corrected chi connectivity index (χ0v) is 14.6. The predicted molar refractivity (Wildman–Crippen MR) is 97.2 cm³/mol. The second-order valence-corrected chi connectivity index (χ2v) is 5.86. The number of benzene rings is 2. The van der Waals surface area contributed by atoms with Gasteiger partial charge in [0, 0.05) is 11.6 Å². The summed E-state index contributed by atoms with van der Waals surface area (Å²) in [5.41, 5.74) is 0.670. The molecule has 1 heterocycles. The van der Waals surface area contributed by atoms with Crippen LogP contribution in [0.2, 0.25) is 5.02 Å². The first-order valence-electron chi connectivity index (χ1n) is 7.75. The number of methoxy groups -OCH3 is 1. The normalized spacial score (nSPS) is 10.7. The summed E-state index contributed by atoms with van der Waals surface area (Å²) in [6.07, 6.45) is -0.145. The first kappa shape index (κ1) is 17.8. The lowest BCUT2D eigenvalue weighted by molar-refractivity contribution is -0.137. The number of hydrogen-bond donors (Lipinski definition) is 1. The molecule has 0 spiro atoms. The maximum atomic E-state index is 12.3. The summed E-state index contributed by atoms with van der Waals surface area (Å²) < 4.78 is 16.5. The van der Waals surface area contributed by atoms with Gasteiger partial charge in [-0.2, -0.15) is 0 Å². The van der Waals surface area contributed by atoms with Gasteiger partial charge in [0.25, 0.3) is 0 Å². The van der Waals surface area contributed by atoms with Crippen LogP contribution in [0, 0.1) is 0 Å². The number of fused-ring (bicyclic) bond motifs is 1. The molecule has 1 aromatic heterocycles. The SMILES string of the molecule is COc1ccc(-c2cc(=O)c3cccc(Cl)c3o2)cc1OCCC(=O)O. The minimum Gasteiger partial charge on any atom is -0.493 e. The Balaban J connectivity index is 2.03. The van der Waals surface area contributed by atoms with Gasteiger partial charge in [-0.3, -0.25) is 9.59 Å². The van der Waals surface area contributed by atoms with E-state index < -0.39 is 5.97 Å². The van der Waals surface area contributed by atoms with E-state index in [1.165, 1.54) is 13.2 Å². The molecule has 3 aromatic rings. The number of carboxylic acids is 1. The first-order valence-corrected chi connectivity index (χ1v) is 8.13. The summed E-state index contributed by atoms with van der Waals surface area (Å²) in [6, 6.07) is 11.3. The molecule has 0 atom stereocenters. The van der Waals surface area contributed by atoms with Crippen molar-refractivity contribution >= 4 is 28.5 Å². The van der Waals surface area contributed by atoms with Gasteiger partial charge in [-0.25, -0.2) is 0 Å². The Hall–Kier alpha value is -2.99. The van der Waals surface area contributed by atoms with Crippen LogP contribution in [-0.2, 0) is 4.79 Å². The van der Waals surface area contributed by atoms with Crippen LogP contribution >= 0.6 is 11.6 Å². The Morgan fingerprint density at radius 3 is 2.73 bits per heavy atom. The van der Waals surface area contributed by atoms with Crippen LogP contribution in [0.15, 0.2) is 51.7 Å². The summed E-state index contributed by atoms with van der Waals surface area (Å²) >= 11 is 6.13. The summed E-state index contributed by atoms with van der Waals surface area (Å²) in [5.74, 6) is 0.157. The van der Waals surface area contributed by atoms with Crippen molar-refractivity contribution in [3.63, 3.8) is 0 Å². The zero-order chi connectivity index (χ0) is 18.7. The lowest BCUT2D eigenvalue weighted by atomic mass is 10.1. The van der Waals surface area contributed by atoms with Crippen LogP contribution in [0.1, 0.15) is 6.42 Å². The number of carbonyl (C=O) groups is 1. The lowest BCUT2D eigenvalue weighted by Crippen LogP contribution is -2.06. The third-order valence-electron chi connectivity index (χ3n) is 3.73. The van der Waals surface area contributed by atoms with Crippen LogP contribution < -0.4 is 14.9 Å². The predicted octanol–water partition coefficient (Wildman–Crippen LogP) is 3.98. The zero-order valence-electron chi connectivity index (χ0n) is 13.8. The second-order valence-electron chi connectivity index (χ2n) is 5.45. The van der Waals surface area contributed by atoms with Crippen LogP contribution in [0.25, 0.3) is 22.3 Å². The molecule has 0 aliphatic carbocycles. The maximum absolute atomic E-state index is 12.3.